The van der Waals surface area contributed by atoms with E-state index in [-0.39, 0.29) is 18.0 Å². The van der Waals surface area contributed by atoms with Crippen molar-refractivity contribution in [1.82, 2.24) is 14.5 Å². The SMILES string of the molecule is CSc1nc2ncn(CC(=O)Nc3ccc(C)c(C)c3)c(=O)c2s1. The van der Waals surface area contributed by atoms with Crippen molar-refractivity contribution < 1.29 is 4.79 Å². The first-order valence-corrected chi connectivity index (χ1v) is 9.29. The van der Waals surface area contributed by atoms with E-state index in [1.165, 1.54) is 34.0 Å². The molecule has 0 saturated heterocycles. The van der Waals surface area contributed by atoms with Crippen molar-refractivity contribution in [2.45, 2.75) is 24.7 Å². The van der Waals surface area contributed by atoms with Crippen molar-refractivity contribution in [2.75, 3.05) is 11.6 Å². The van der Waals surface area contributed by atoms with Gasteiger partial charge in [-0.15, -0.1) is 11.3 Å². The Morgan fingerprint density at radius 2 is 2.12 bits per heavy atom. The summed E-state index contributed by atoms with van der Waals surface area (Å²) in [5.41, 5.74) is 3.16. The van der Waals surface area contributed by atoms with Gasteiger partial charge in [-0.3, -0.25) is 14.2 Å². The topological polar surface area (TPSA) is 76.9 Å². The molecule has 2 heterocycles. The van der Waals surface area contributed by atoms with Gasteiger partial charge in [0.2, 0.25) is 5.91 Å². The molecule has 0 spiro atoms. The normalized spacial score (nSPS) is 11.0. The first kappa shape index (κ1) is 16.7. The molecule has 0 unspecified atom stereocenters. The fraction of sp³-hybridized carbons (Fsp3) is 0.250. The Bertz CT molecular complexity index is 978. The van der Waals surface area contributed by atoms with E-state index in [4.69, 9.17) is 0 Å². The van der Waals surface area contributed by atoms with Crippen LogP contribution in [0.1, 0.15) is 11.1 Å². The molecule has 0 aliphatic heterocycles. The Labute approximate surface area is 147 Å². The molecule has 2 aromatic heterocycles. The second-order valence-corrected chi connectivity index (χ2v) is 7.41. The maximum absolute atomic E-state index is 12.4. The van der Waals surface area contributed by atoms with Crippen LogP contribution in [0.15, 0.2) is 33.7 Å². The minimum atomic E-state index is -0.267. The lowest BCUT2D eigenvalue weighted by Crippen LogP contribution is -2.27. The predicted molar refractivity (Wildman–Crippen MR) is 98.0 cm³/mol. The zero-order valence-corrected chi connectivity index (χ0v) is 15.1. The van der Waals surface area contributed by atoms with E-state index in [2.05, 4.69) is 15.3 Å². The number of anilines is 1. The summed E-state index contributed by atoms with van der Waals surface area (Å²) in [4.78, 5) is 33.1. The monoisotopic (exact) mass is 360 g/mol. The summed E-state index contributed by atoms with van der Waals surface area (Å²) in [6.45, 7) is 3.92. The molecule has 0 saturated carbocycles. The number of fused-ring (bicyclic) bond motifs is 1. The number of nitrogens with zero attached hydrogens (tertiary/aromatic N) is 3. The fourth-order valence-corrected chi connectivity index (χ4v) is 3.66. The first-order valence-electron chi connectivity index (χ1n) is 7.25. The van der Waals surface area contributed by atoms with Crippen LogP contribution in [0.3, 0.4) is 0 Å². The van der Waals surface area contributed by atoms with Crippen LogP contribution in [-0.4, -0.2) is 26.7 Å². The van der Waals surface area contributed by atoms with Crippen LogP contribution in [0.4, 0.5) is 5.69 Å². The van der Waals surface area contributed by atoms with E-state index in [1.54, 1.807) is 0 Å². The van der Waals surface area contributed by atoms with Crippen molar-refractivity contribution in [3.63, 3.8) is 0 Å². The molecule has 0 fully saturated rings. The lowest BCUT2D eigenvalue weighted by Gasteiger charge is -2.08. The quantitative estimate of drug-likeness (QED) is 0.724. The number of rotatable bonds is 4. The Balaban J connectivity index is 1.81. The van der Waals surface area contributed by atoms with Gasteiger partial charge >= 0.3 is 0 Å². The molecule has 1 N–H and O–H groups in total. The van der Waals surface area contributed by atoms with Gasteiger partial charge in [0.1, 0.15) is 17.6 Å². The molecular formula is C16H16N4O2S2. The number of hydrogen-bond donors (Lipinski definition) is 1. The number of hydrogen-bond acceptors (Lipinski definition) is 6. The summed E-state index contributed by atoms with van der Waals surface area (Å²) in [5.74, 6) is -0.267. The zero-order valence-electron chi connectivity index (χ0n) is 13.5. The Kier molecular flexibility index (Phi) is 4.68. The number of carbonyl (C=O) groups is 1. The van der Waals surface area contributed by atoms with Gasteiger partial charge in [0.25, 0.3) is 5.56 Å². The van der Waals surface area contributed by atoms with E-state index in [0.717, 1.165) is 15.5 Å². The van der Waals surface area contributed by atoms with Gasteiger partial charge < -0.3 is 5.32 Å². The number of thioether (sulfide) groups is 1. The number of nitrogens with one attached hydrogen (secondary N) is 1. The molecule has 6 nitrogen and oxygen atoms in total. The standard InChI is InChI=1S/C16H16N4O2S2/c1-9-4-5-11(6-10(9)2)18-12(21)7-20-8-17-14-13(15(20)22)24-16(19-14)23-3/h4-6,8H,7H2,1-3H3,(H,18,21). The van der Waals surface area contributed by atoms with Gasteiger partial charge in [-0.1, -0.05) is 17.8 Å². The summed E-state index contributed by atoms with van der Waals surface area (Å²) in [7, 11) is 0. The molecule has 24 heavy (non-hydrogen) atoms. The lowest BCUT2D eigenvalue weighted by atomic mass is 10.1. The van der Waals surface area contributed by atoms with Crippen LogP contribution in [0, 0.1) is 13.8 Å². The average molecular weight is 360 g/mol. The number of benzene rings is 1. The first-order chi connectivity index (χ1) is 11.5. The van der Waals surface area contributed by atoms with Crippen LogP contribution >= 0.6 is 23.1 Å². The van der Waals surface area contributed by atoms with E-state index >= 15 is 0 Å². The smallest absolute Gasteiger partial charge is 0.273 e. The highest BCUT2D eigenvalue weighted by molar-refractivity contribution is 8.00. The van der Waals surface area contributed by atoms with Crippen LogP contribution in [0.5, 0.6) is 0 Å². The minimum Gasteiger partial charge on any atom is -0.325 e. The predicted octanol–water partition coefficient (Wildman–Crippen LogP) is 2.83. The van der Waals surface area contributed by atoms with E-state index in [0.29, 0.717) is 16.0 Å². The molecule has 0 aliphatic carbocycles. The van der Waals surface area contributed by atoms with Crippen LogP contribution in [-0.2, 0) is 11.3 Å². The molecule has 1 amide bonds. The molecule has 8 heteroatoms. The van der Waals surface area contributed by atoms with E-state index in [1.807, 2.05) is 38.3 Å². The number of thiazole rings is 1. The molecular weight excluding hydrogens is 344 g/mol. The number of aryl methyl sites for hydroxylation is 2. The van der Waals surface area contributed by atoms with Gasteiger partial charge in [-0.2, -0.15) is 0 Å². The minimum absolute atomic E-state index is 0.0821. The largest absolute Gasteiger partial charge is 0.325 e. The van der Waals surface area contributed by atoms with Crippen LogP contribution in [0.2, 0.25) is 0 Å². The molecule has 3 aromatic rings. The maximum atomic E-state index is 12.4. The van der Waals surface area contributed by atoms with Crippen molar-refractivity contribution in [3.8, 4) is 0 Å². The Hall–Kier alpha value is -2.19. The molecule has 0 bridgehead atoms. The average Bonchev–Trinajstić information content (AvgIpc) is 2.98. The van der Waals surface area contributed by atoms with Gasteiger partial charge in [-0.05, 0) is 43.4 Å². The highest BCUT2D eigenvalue weighted by Crippen LogP contribution is 2.24. The third-order valence-electron chi connectivity index (χ3n) is 3.64. The molecule has 1 aromatic carbocycles. The van der Waals surface area contributed by atoms with Crippen molar-refractivity contribution in [1.29, 1.82) is 0 Å². The van der Waals surface area contributed by atoms with Crippen molar-refractivity contribution >= 4 is 45.0 Å². The Morgan fingerprint density at radius 3 is 2.83 bits per heavy atom. The van der Waals surface area contributed by atoms with Gasteiger partial charge in [0.15, 0.2) is 9.99 Å². The maximum Gasteiger partial charge on any atom is 0.273 e. The van der Waals surface area contributed by atoms with Crippen LogP contribution < -0.4 is 10.9 Å². The van der Waals surface area contributed by atoms with Gasteiger partial charge in [0.05, 0.1) is 0 Å². The second-order valence-electron chi connectivity index (χ2n) is 5.36. The molecule has 124 valence electrons. The highest BCUT2D eigenvalue weighted by Gasteiger charge is 2.12. The molecule has 0 radical (unpaired) electrons. The summed E-state index contributed by atoms with van der Waals surface area (Å²) < 4.78 is 2.56. The molecule has 0 atom stereocenters. The second kappa shape index (κ2) is 6.74. The third-order valence-corrected chi connectivity index (χ3v) is 5.66. The summed E-state index contributed by atoms with van der Waals surface area (Å²) >= 11 is 2.76. The summed E-state index contributed by atoms with van der Waals surface area (Å²) in [6.07, 6.45) is 3.27. The number of amides is 1. The van der Waals surface area contributed by atoms with Gasteiger partial charge in [0, 0.05) is 5.69 Å². The molecule has 0 aliphatic rings. The fourth-order valence-electron chi connectivity index (χ4n) is 2.20. The zero-order chi connectivity index (χ0) is 17.3. The third kappa shape index (κ3) is 3.34. The van der Waals surface area contributed by atoms with Crippen molar-refractivity contribution in [2.24, 2.45) is 0 Å². The van der Waals surface area contributed by atoms with Gasteiger partial charge in [-0.25, -0.2) is 9.97 Å². The highest BCUT2D eigenvalue weighted by atomic mass is 32.2. The summed E-state index contributed by atoms with van der Waals surface area (Å²) in [5, 5.41) is 2.81. The summed E-state index contributed by atoms with van der Waals surface area (Å²) in [6, 6.07) is 5.70. The number of carbonyl (C=O) groups excluding carboxylic acids is 1. The molecule has 3 rings (SSSR count). The van der Waals surface area contributed by atoms with E-state index < -0.39 is 0 Å². The Morgan fingerprint density at radius 1 is 1.33 bits per heavy atom. The van der Waals surface area contributed by atoms with Crippen molar-refractivity contribution in [3.05, 3.63) is 46.0 Å². The number of aromatic nitrogens is 3. The van der Waals surface area contributed by atoms with Crippen LogP contribution in [0.25, 0.3) is 10.3 Å². The van der Waals surface area contributed by atoms with E-state index in [9.17, 15) is 9.59 Å². The lowest BCUT2D eigenvalue weighted by molar-refractivity contribution is -0.116.